The van der Waals surface area contributed by atoms with Crippen molar-refractivity contribution < 1.29 is 19.7 Å². The molecule has 0 aliphatic rings. The highest BCUT2D eigenvalue weighted by molar-refractivity contribution is 6.44. The second-order valence-electron chi connectivity index (χ2n) is 6.10. The molecule has 7 nitrogen and oxygen atoms in total. The van der Waals surface area contributed by atoms with E-state index >= 15 is 0 Å². The Morgan fingerprint density at radius 3 is 1.64 bits per heavy atom. The van der Waals surface area contributed by atoms with Gasteiger partial charge >= 0.3 is 0 Å². The molecule has 0 bridgehead atoms. The lowest BCUT2D eigenvalue weighted by molar-refractivity contribution is 0.115. The largest absolute Gasteiger partial charge is 0.399 e. The van der Waals surface area contributed by atoms with Crippen molar-refractivity contribution in [2.75, 3.05) is 45.4 Å². The number of nitrogens with zero attached hydrogens (tertiary/aromatic N) is 2. The van der Waals surface area contributed by atoms with Crippen LogP contribution < -0.4 is 5.73 Å². The van der Waals surface area contributed by atoms with E-state index in [9.17, 15) is 0 Å². The number of aliphatic imine (C=N–C) groups is 2. The van der Waals surface area contributed by atoms with E-state index in [1.807, 2.05) is 31.2 Å². The Hall–Kier alpha value is -2.58. The number of rotatable bonds is 11. The van der Waals surface area contributed by atoms with Gasteiger partial charge < -0.3 is 25.4 Å². The maximum absolute atomic E-state index is 9.01. The molecule has 2 aromatic carbocycles. The summed E-state index contributed by atoms with van der Waals surface area (Å²) in [7, 11) is 0. The summed E-state index contributed by atoms with van der Waals surface area (Å²) in [5.74, 6) is 0. The quantitative estimate of drug-likeness (QED) is 0.313. The number of aliphatic hydroxyl groups is 2. The van der Waals surface area contributed by atoms with Crippen LogP contribution in [0.25, 0.3) is 0 Å². The van der Waals surface area contributed by atoms with Crippen LogP contribution >= 0.6 is 0 Å². The van der Waals surface area contributed by atoms with Gasteiger partial charge in [-0.3, -0.25) is 0 Å². The third-order valence-electron chi connectivity index (χ3n) is 3.74. The maximum atomic E-state index is 9.01. The van der Waals surface area contributed by atoms with Gasteiger partial charge in [0, 0.05) is 5.69 Å². The van der Waals surface area contributed by atoms with Crippen molar-refractivity contribution in [3.05, 3.63) is 54.1 Å². The van der Waals surface area contributed by atoms with Crippen molar-refractivity contribution in [2.24, 2.45) is 9.98 Å². The zero-order chi connectivity index (χ0) is 20.2. The van der Waals surface area contributed by atoms with Gasteiger partial charge in [-0.05, 0) is 43.3 Å². The summed E-state index contributed by atoms with van der Waals surface area (Å²) in [5.41, 5.74) is 10.2. The predicted molar refractivity (Wildman–Crippen MR) is 112 cm³/mol. The highest BCUT2D eigenvalue weighted by Gasteiger charge is 2.12. The fraction of sp³-hybridized carbons (Fsp3) is 0.333. The van der Waals surface area contributed by atoms with Crippen LogP contribution in [0, 0.1) is 6.92 Å². The zero-order valence-corrected chi connectivity index (χ0v) is 16.0. The van der Waals surface area contributed by atoms with Crippen LogP contribution in [-0.2, 0) is 9.47 Å². The number of hydrogen-bond acceptors (Lipinski definition) is 7. The van der Waals surface area contributed by atoms with Gasteiger partial charge in [-0.2, -0.15) is 0 Å². The minimum absolute atomic E-state index is 0.0801. The second kappa shape index (κ2) is 12.0. The fourth-order valence-electron chi connectivity index (χ4n) is 2.31. The summed E-state index contributed by atoms with van der Waals surface area (Å²) < 4.78 is 11.0. The number of benzene rings is 2. The number of ether oxygens (including phenoxy) is 2. The van der Waals surface area contributed by atoms with Gasteiger partial charge in [0.15, 0.2) is 0 Å². The van der Waals surface area contributed by atoms with E-state index in [1.54, 1.807) is 24.3 Å². The van der Waals surface area contributed by atoms with Gasteiger partial charge in [0.05, 0.1) is 62.4 Å². The third kappa shape index (κ3) is 7.58. The normalized spacial score (nSPS) is 12.4. The van der Waals surface area contributed by atoms with E-state index in [4.69, 9.17) is 25.4 Å². The smallest absolute Gasteiger partial charge is 0.0908 e. The average molecular weight is 385 g/mol. The monoisotopic (exact) mass is 385 g/mol. The van der Waals surface area contributed by atoms with Crippen LogP contribution in [0.3, 0.4) is 0 Å². The standard InChI is InChI=1S/C21H27N3O4/c1-16-2-6-18(7-3-16)23-20(14-27-12-10-25)21(15-28-13-11-26)24-19-8-4-17(22)5-9-19/h2-9,25-26H,10-15,22H2,1H3. The number of hydrogen-bond donors (Lipinski definition) is 3. The van der Waals surface area contributed by atoms with Crippen LogP contribution in [0.15, 0.2) is 58.5 Å². The molecule has 0 atom stereocenters. The molecular formula is C21H27N3O4. The third-order valence-corrected chi connectivity index (χ3v) is 3.74. The molecule has 2 rings (SSSR count). The Balaban J connectivity index is 2.36. The number of anilines is 1. The number of nitrogen functional groups attached to an aromatic ring is 1. The molecule has 0 aliphatic carbocycles. The van der Waals surface area contributed by atoms with Crippen molar-refractivity contribution in [1.29, 1.82) is 0 Å². The van der Waals surface area contributed by atoms with E-state index in [0.29, 0.717) is 22.8 Å². The first-order valence-corrected chi connectivity index (χ1v) is 9.07. The second-order valence-corrected chi connectivity index (χ2v) is 6.10. The Morgan fingerprint density at radius 2 is 1.21 bits per heavy atom. The van der Waals surface area contributed by atoms with Gasteiger partial charge in [0.25, 0.3) is 0 Å². The molecule has 28 heavy (non-hydrogen) atoms. The van der Waals surface area contributed by atoms with E-state index in [0.717, 1.165) is 11.3 Å². The molecule has 0 heterocycles. The predicted octanol–water partition coefficient (Wildman–Crippen LogP) is 2.44. The molecule has 2 aromatic rings. The molecular weight excluding hydrogens is 358 g/mol. The Morgan fingerprint density at radius 1 is 0.786 bits per heavy atom. The van der Waals surface area contributed by atoms with Crippen LogP contribution in [-0.4, -0.2) is 61.3 Å². The topological polar surface area (TPSA) is 110 Å². The maximum Gasteiger partial charge on any atom is 0.0908 e. The van der Waals surface area contributed by atoms with Crippen LogP contribution in [0.1, 0.15) is 5.56 Å². The Bertz CT molecular complexity index is 704. The minimum Gasteiger partial charge on any atom is -0.399 e. The Labute approximate surface area is 165 Å². The average Bonchev–Trinajstić information content (AvgIpc) is 2.70. The van der Waals surface area contributed by atoms with E-state index in [1.165, 1.54) is 0 Å². The number of aliphatic hydroxyl groups excluding tert-OH is 2. The summed E-state index contributed by atoms with van der Waals surface area (Å²) in [6, 6.07) is 14.9. The highest BCUT2D eigenvalue weighted by Crippen LogP contribution is 2.17. The van der Waals surface area contributed by atoms with Gasteiger partial charge in [-0.1, -0.05) is 17.7 Å². The molecule has 150 valence electrons. The lowest BCUT2D eigenvalue weighted by Gasteiger charge is -2.12. The van der Waals surface area contributed by atoms with Gasteiger partial charge in [0.2, 0.25) is 0 Å². The van der Waals surface area contributed by atoms with E-state index < -0.39 is 0 Å². The van der Waals surface area contributed by atoms with E-state index in [-0.39, 0.29) is 39.6 Å². The van der Waals surface area contributed by atoms with Gasteiger partial charge in [0.1, 0.15) is 0 Å². The van der Waals surface area contributed by atoms with Crippen LogP contribution in [0.4, 0.5) is 17.1 Å². The van der Waals surface area contributed by atoms with Crippen LogP contribution in [0.5, 0.6) is 0 Å². The summed E-state index contributed by atoms with van der Waals surface area (Å²) in [4.78, 5) is 9.32. The molecule has 0 saturated heterocycles. The van der Waals surface area contributed by atoms with Gasteiger partial charge in [-0.25, -0.2) is 9.98 Å². The highest BCUT2D eigenvalue weighted by atomic mass is 16.5. The molecule has 0 unspecified atom stereocenters. The first kappa shape index (κ1) is 21.7. The number of aryl methyl sites for hydroxylation is 1. The summed E-state index contributed by atoms with van der Waals surface area (Å²) in [5, 5.41) is 18.0. The Kier molecular flexibility index (Phi) is 9.30. The molecule has 0 spiro atoms. The molecule has 0 aromatic heterocycles. The number of nitrogens with two attached hydrogens (primary N) is 1. The first-order valence-electron chi connectivity index (χ1n) is 9.07. The lowest BCUT2D eigenvalue weighted by Crippen LogP contribution is -2.26. The van der Waals surface area contributed by atoms with Crippen LogP contribution in [0.2, 0.25) is 0 Å². The van der Waals surface area contributed by atoms with Crippen molar-refractivity contribution in [3.8, 4) is 0 Å². The van der Waals surface area contributed by atoms with Gasteiger partial charge in [-0.15, -0.1) is 0 Å². The zero-order valence-electron chi connectivity index (χ0n) is 16.0. The fourth-order valence-corrected chi connectivity index (χ4v) is 2.31. The summed E-state index contributed by atoms with van der Waals surface area (Å²) in [6.45, 7) is 2.57. The summed E-state index contributed by atoms with van der Waals surface area (Å²) in [6.07, 6.45) is 0. The first-order chi connectivity index (χ1) is 13.6. The van der Waals surface area contributed by atoms with E-state index in [2.05, 4.69) is 9.98 Å². The molecule has 0 amide bonds. The van der Waals surface area contributed by atoms with Crippen molar-refractivity contribution >= 4 is 28.5 Å². The lowest BCUT2D eigenvalue weighted by atomic mass is 10.2. The van der Waals surface area contributed by atoms with Crippen molar-refractivity contribution in [3.63, 3.8) is 0 Å². The molecule has 0 radical (unpaired) electrons. The summed E-state index contributed by atoms with van der Waals surface area (Å²) >= 11 is 0. The molecule has 4 N–H and O–H groups in total. The molecule has 0 saturated carbocycles. The molecule has 0 fully saturated rings. The molecule has 0 aliphatic heterocycles. The molecule has 7 heteroatoms. The SMILES string of the molecule is Cc1ccc(N=C(COCCO)C(COCCO)=Nc2ccc(N)cc2)cc1. The minimum atomic E-state index is -0.0827. The van der Waals surface area contributed by atoms with Crippen molar-refractivity contribution in [2.45, 2.75) is 6.92 Å². The van der Waals surface area contributed by atoms with Crippen molar-refractivity contribution in [1.82, 2.24) is 0 Å².